The van der Waals surface area contributed by atoms with Crippen molar-refractivity contribution in [2.75, 3.05) is 0 Å². The third-order valence-electron chi connectivity index (χ3n) is 6.40. The van der Waals surface area contributed by atoms with E-state index in [1.807, 2.05) is 12.1 Å². The first-order valence-corrected chi connectivity index (χ1v) is 9.89. The molecule has 3 N–H and O–H groups in total. The summed E-state index contributed by atoms with van der Waals surface area (Å²) in [5.41, 5.74) is 1.10. The SMILES string of the molecule is O=C1O[B-]2([NH2+][C@H]1Cc1ccc(O)c(I)c1)C1CCCC2CCC1. The Morgan fingerprint density at radius 2 is 1.87 bits per heavy atom. The van der Waals surface area contributed by atoms with E-state index in [2.05, 4.69) is 27.8 Å². The second-order valence-corrected chi connectivity index (χ2v) is 8.76. The van der Waals surface area contributed by atoms with Gasteiger partial charge in [0.2, 0.25) is 0 Å². The van der Waals surface area contributed by atoms with Crippen LogP contribution in [0.25, 0.3) is 0 Å². The third-order valence-corrected chi connectivity index (χ3v) is 7.26. The van der Waals surface area contributed by atoms with Crippen molar-refractivity contribution in [3.8, 4) is 5.75 Å². The topological polar surface area (TPSA) is 63.1 Å². The maximum absolute atomic E-state index is 12.5. The number of rotatable bonds is 2. The number of hydrogen-bond acceptors (Lipinski definition) is 3. The van der Waals surface area contributed by atoms with E-state index in [4.69, 9.17) is 4.65 Å². The second kappa shape index (κ2) is 5.95. The van der Waals surface area contributed by atoms with Crippen molar-refractivity contribution in [1.82, 2.24) is 0 Å². The minimum Gasteiger partial charge on any atom is -0.634 e. The number of aromatic hydroxyl groups is 1. The Hall–Kier alpha value is -0.755. The average molecular weight is 427 g/mol. The number of nitrogens with two attached hydrogens (primary N) is 1. The van der Waals surface area contributed by atoms with E-state index in [0.29, 0.717) is 23.8 Å². The lowest BCUT2D eigenvalue weighted by atomic mass is 9.28. The van der Waals surface area contributed by atoms with Crippen LogP contribution in [0.5, 0.6) is 5.75 Å². The smallest absolute Gasteiger partial charge is 0.389 e. The average Bonchev–Trinajstić information content (AvgIpc) is 2.79. The van der Waals surface area contributed by atoms with Crippen LogP contribution in [0.15, 0.2) is 18.2 Å². The Balaban J connectivity index is 1.55. The van der Waals surface area contributed by atoms with Gasteiger partial charge in [-0.15, -0.1) is 0 Å². The van der Waals surface area contributed by atoms with Crippen LogP contribution in [0.4, 0.5) is 0 Å². The van der Waals surface area contributed by atoms with Gasteiger partial charge in [0.05, 0.1) is 3.57 Å². The number of carbonyl (C=O) groups is 1. The summed E-state index contributed by atoms with van der Waals surface area (Å²) < 4.78 is 6.95. The van der Waals surface area contributed by atoms with Gasteiger partial charge in [-0.05, 0) is 40.3 Å². The molecular formula is C17H23BINO3. The zero-order valence-corrected chi connectivity index (χ0v) is 15.4. The molecule has 0 saturated carbocycles. The zero-order valence-electron chi connectivity index (χ0n) is 13.2. The lowest BCUT2D eigenvalue weighted by Gasteiger charge is -2.50. The van der Waals surface area contributed by atoms with Crippen LogP contribution in [0.1, 0.15) is 44.1 Å². The van der Waals surface area contributed by atoms with Crippen molar-refractivity contribution in [1.29, 1.82) is 0 Å². The number of phenolic OH excluding ortho intramolecular Hbond substituents is 1. The molecule has 4 rings (SSSR count). The van der Waals surface area contributed by atoms with Crippen LogP contribution < -0.4 is 5.23 Å². The fourth-order valence-corrected chi connectivity index (χ4v) is 5.94. The van der Waals surface area contributed by atoms with Crippen LogP contribution in [-0.4, -0.2) is 23.6 Å². The summed E-state index contributed by atoms with van der Waals surface area (Å²) in [6.45, 7) is -1.05. The lowest BCUT2D eigenvalue weighted by molar-refractivity contribution is -0.559. The van der Waals surface area contributed by atoms with Crippen molar-refractivity contribution in [3.63, 3.8) is 0 Å². The molecule has 0 radical (unpaired) electrons. The van der Waals surface area contributed by atoms with E-state index in [0.717, 1.165) is 9.13 Å². The number of carbonyl (C=O) groups excluding carboxylic acids is 1. The summed E-state index contributed by atoms with van der Waals surface area (Å²) in [4.78, 5) is 12.5. The first-order valence-electron chi connectivity index (χ1n) is 8.81. The second-order valence-electron chi connectivity index (χ2n) is 7.59. The Morgan fingerprint density at radius 3 is 2.48 bits per heavy atom. The van der Waals surface area contributed by atoms with Gasteiger partial charge in [0.1, 0.15) is 11.8 Å². The van der Waals surface area contributed by atoms with E-state index < -0.39 is 6.48 Å². The quantitative estimate of drug-likeness (QED) is 0.564. The maximum Gasteiger partial charge on any atom is 0.389 e. The van der Waals surface area contributed by atoms with Gasteiger partial charge < -0.3 is 15.0 Å². The van der Waals surface area contributed by atoms with Gasteiger partial charge in [-0.25, -0.2) is 0 Å². The van der Waals surface area contributed by atoms with Gasteiger partial charge in [-0.3, -0.25) is 4.79 Å². The van der Waals surface area contributed by atoms with Gasteiger partial charge in [-0.2, -0.15) is 0 Å². The fourth-order valence-electron chi connectivity index (χ4n) is 5.36. The standard InChI is InChI=1S/C17H23BINO3/c19-14-9-11(7-8-16(14)21)10-15-17(22)23-18(20-15)12-3-1-4-13(18)6-2-5-12/h7-9,12-13,15,21H,1-6,10,20H2/t12?,13?,15-,18?/m0/s1. The molecule has 23 heavy (non-hydrogen) atoms. The first-order chi connectivity index (χ1) is 11.1. The van der Waals surface area contributed by atoms with E-state index in [1.54, 1.807) is 6.07 Å². The molecule has 0 amide bonds. The highest BCUT2D eigenvalue weighted by Gasteiger charge is 2.59. The van der Waals surface area contributed by atoms with Gasteiger partial charge in [0.25, 0.3) is 0 Å². The normalized spacial score (nSPS) is 36.2. The highest BCUT2D eigenvalue weighted by molar-refractivity contribution is 14.1. The third kappa shape index (κ3) is 2.67. The zero-order chi connectivity index (χ0) is 16.0. The summed E-state index contributed by atoms with van der Waals surface area (Å²) in [6.07, 6.45) is 8.19. The molecule has 6 heteroatoms. The molecule has 4 nitrogen and oxygen atoms in total. The first kappa shape index (κ1) is 15.8. The molecule has 3 heterocycles. The molecule has 1 spiro atoms. The Morgan fingerprint density at radius 1 is 1.22 bits per heavy atom. The Bertz CT molecular complexity index is 616. The van der Waals surface area contributed by atoms with Gasteiger partial charge in [0, 0.05) is 6.42 Å². The van der Waals surface area contributed by atoms with Crippen molar-refractivity contribution >= 4 is 35.0 Å². The molecule has 0 aromatic heterocycles. The van der Waals surface area contributed by atoms with Crippen molar-refractivity contribution < 1.29 is 19.8 Å². The summed E-state index contributed by atoms with van der Waals surface area (Å²) in [7, 11) is 0. The minimum atomic E-state index is -1.05. The molecular weight excluding hydrogens is 404 g/mol. The van der Waals surface area contributed by atoms with Crippen LogP contribution >= 0.6 is 22.6 Å². The molecule has 0 aliphatic carbocycles. The summed E-state index contributed by atoms with van der Waals surface area (Å²) >= 11 is 2.13. The molecule has 3 saturated heterocycles. The summed E-state index contributed by atoms with van der Waals surface area (Å²) in [5.74, 6) is 1.47. The highest BCUT2D eigenvalue weighted by atomic mass is 127. The van der Waals surface area contributed by atoms with Crippen LogP contribution in [-0.2, 0) is 15.9 Å². The highest BCUT2D eigenvalue weighted by Crippen LogP contribution is 2.51. The molecule has 3 aliphatic heterocycles. The monoisotopic (exact) mass is 427 g/mol. The Labute approximate surface area is 150 Å². The molecule has 1 aromatic rings. The molecule has 1 atom stereocenters. The fraction of sp³-hybridized carbons (Fsp3) is 0.588. The van der Waals surface area contributed by atoms with E-state index in [-0.39, 0.29) is 12.0 Å². The Kier molecular flexibility index (Phi) is 4.08. The predicted octanol–water partition coefficient (Wildman–Crippen LogP) is 2.58. The van der Waals surface area contributed by atoms with Crippen LogP contribution in [0, 0.1) is 3.57 Å². The predicted molar refractivity (Wildman–Crippen MR) is 97.3 cm³/mol. The largest absolute Gasteiger partial charge is 0.634 e. The van der Waals surface area contributed by atoms with Gasteiger partial charge in [0.15, 0.2) is 0 Å². The van der Waals surface area contributed by atoms with Crippen LogP contribution in [0.3, 0.4) is 0 Å². The number of halogens is 1. The molecule has 3 fully saturated rings. The lowest BCUT2D eigenvalue weighted by Crippen LogP contribution is -3.04. The summed E-state index contributed by atoms with van der Waals surface area (Å²) in [5, 5.41) is 12.0. The van der Waals surface area contributed by atoms with Crippen molar-refractivity contribution in [2.45, 2.75) is 62.6 Å². The van der Waals surface area contributed by atoms with Crippen molar-refractivity contribution in [2.24, 2.45) is 0 Å². The van der Waals surface area contributed by atoms with Crippen molar-refractivity contribution in [3.05, 3.63) is 27.3 Å². The van der Waals surface area contributed by atoms with E-state index >= 15 is 0 Å². The number of hydrogen-bond donors (Lipinski definition) is 2. The van der Waals surface area contributed by atoms with E-state index in [9.17, 15) is 9.90 Å². The molecule has 1 aromatic carbocycles. The molecule has 3 aliphatic rings. The summed E-state index contributed by atoms with van der Waals surface area (Å²) in [6, 6.07) is 5.49. The van der Waals surface area contributed by atoms with Gasteiger partial charge in [-0.1, -0.05) is 56.2 Å². The number of quaternary nitrogens is 1. The number of phenols is 1. The maximum atomic E-state index is 12.5. The van der Waals surface area contributed by atoms with E-state index in [1.165, 1.54) is 38.5 Å². The molecule has 0 unspecified atom stereocenters. The minimum absolute atomic E-state index is 0.0214. The van der Waals surface area contributed by atoms with Gasteiger partial charge >= 0.3 is 12.5 Å². The molecule has 2 bridgehead atoms. The van der Waals surface area contributed by atoms with Crippen LogP contribution in [0.2, 0.25) is 11.6 Å². The molecule has 124 valence electrons. The number of benzene rings is 1.